The molecule has 0 bridgehead atoms. The maximum atomic E-state index is 10.5. The quantitative estimate of drug-likeness (QED) is 0.594. The highest BCUT2D eigenvalue weighted by atomic mass is 28.3. The minimum atomic E-state index is -1.37. The maximum Gasteiger partial charge on any atom is 0.191 e. The first-order valence-corrected chi connectivity index (χ1v) is 9.20. The standard InChI is InChI=1S/C12H25O3Si/c1-5-9-14-11(2,13)12(16(3)4)8-6-7-10-15-12/h13,16H,2,5-10H2,1,3-4H3. The van der Waals surface area contributed by atoms with Gasteiger partial charge in [-0.2, -0.15) is 0 Å². The van der Waals surface area contributed by atoms with Gasteiger partial charge >= 0.3 is 0 Å². The molecule has 1 fully saturated rings. The van der Waals surface area contributed by atoms with Crippen molar-refractivity contribution in [2.45, 2.75) is 56.7 Å². The maximum absolute atomic E-state index is 10.5. The van der Waals surface area contributed by atoms with Crippen LogP contribution in [0.1, 0.15) is 32.6 Å². The van der Waals surface area contributed by atoms with Crippen molar-refractivity contribution < 1.29 is 14.6 Å². The summed E-state index contributed by atoms with van der Waals surface area (Å²) < 4.78 is 11.5. The molecule has 16 heavy (non-hydrogen) atoms. The van der Waals surface area contributed by atoms with Crippen molar-refractivity contribution in [2.75, 3.05) is 13.2 Å². The lowest BCUT2D eigenvalue weighted by Gasteiger charge is -2.49. The van der Waals surface area contributed by atoms with Crippen molar-refractivity contribution >= 4 is 8.80 Å². The third-order valence-electron chi connectivity index (χ3n) is 3.44. The van der Waals surface area contributed by atoms with Gasteiger partial charge in [-0.25, -0.2) is 0 Å². The average Bonchev–Trinajstić information content (AvgIpc) is 2.27. The Morgan fingerprint density at radius 3 is 2.62 bits per heavy atom. The van der Waals surface area contributed by atoms with E-state index < -0.39 is 19.8 Å². The molecule has 95 valence electrons. The van der Waals surface area contributed by atoms with Crippen LogP contribution in [0.3, 0.4) is 0 Å². The molecular weight excluding hydrogens is 220 g/mol. The molecule has 1 heterocycles. The number of hydrogen-bond donors (Lipinski definition) is 1. The van der Waals surface area contributed by atoms with Crippen LogP contribution < -0.4 is 0 Å². The van der Waals surface area contributed by atoms with Gasteiger partial charge in [0.2, 0.25) is 0 Å². The molecule has 2 unspecified atom stereocenters. The second-order valence-electron chi connectivity index (χ2n) is 4.98. The molecule has 3 nitrogen and oxygen atoms in total. The second-order valence-corrected chi connectivity index (χ2v) is 8.22. The Balaban J connectivity index is 2.82. The fourth-order valence-corrected chi connectivity index (χ4v) is 4.64. The zero-order valence-electron chi connectivity index (χ0n) is 10.8. The molecular formula is C12H25O3Si. The number of rotatable bonds is 5. The highest BCUT2D eigenvalue weighted by Gasteiger charge is 2.52. The Morgan fingerprint density at radius 2 is 2.19 bits per heavy atom. The number of aliphatic hydroxyl groups is 1. The van der Waals surface area contributed by atoms with Gasteiger partial charge in [0, 0.05) is 20.1 Å². The van der Waals surface area contributed by atoms with Crippen LogP contribution in [0, 0.1) is 6.92 Å². The fourth-order valence-electron chi connectivity index (χ4n) is 2.42. The Kier molecular flexibility index (Phi) is 4.98. The fraction of sp³-hybridized carbons (Fsp3) is 0.917. The number of ether oxygens (including phenoxy) is 2. The Bertz CT molecular complexity index is 210. The van der Waals surface area contributed by atoms with Gasteiger partial charge in [0.25, 0.3) is 0 Å². The Labute approximate surface area is 101 Å². The lowest BCUT2D eigenvalue weighted by atomic mass is 10.0. The summed E-state index contributed by atoms with van der Waals surface area (Å²) in [6.45, 7) is 11.5. The first kappa shape index (κ1) is 14.2. The molecule has 0 aliphatic carbocycles. The molecule has 0 aromatic heterocycles. The van der Waals surface area contributed by atoms with Crippen LogP contribution in [0.15, 0.2) is 0 Å². The van der Waals surface area contributed by atoms with E-state index in [1.807, 2.05) is 6.92 Å². The molecule has 1 rings (SSSR count). The third-order valence-corrected chi connectivity index (χ3v) is 6.21. The Hall–Kier alpha value is 0.0969. The smallest absolute Gasteiger partial charge is 0.191 e. The highest BCUT2D eigenvalue weighted by molar-refractivity contribution is 6.59. The Morgan fingerprint density at radius 1 is 1.50 bits per heavy atom. The molecule has 1 aliphatic heterocycles. The van der Waals surface area contributed by atoms with E-state index in [1.165, 1.54) is 0 Å². The molecule has 1 aliphatic rings. The van der Waals surface area contributed by atoms with E-state index in [-0.39, 0.29) is 0 Å². The molecule has 1 radical (unpaired) electrons. The molecule has 0 spiro atoms. The molecule has 0 aromatic carbocycles. The van der Waals surface area contributed by atoms with Crippen molar-refractivity contribution in [2.24, 2.45) is 0 Å². The van der Waals surface area contributed by atoms with Crippen LogP contribution in [0.2, 0.25) is 13.1 Å². The summed E-state index contributed by atoms with van der Waals surface area (Å²) in [5.74, 6) is -1.37. The van der Waals surface area contributed by atoms with E-state index >= 15 is 0 Å². The zero-order valence-corrected chi connectivity index (χ0v) is 11.9. The molecule has 0 amide bonds. The van der Waals surface area contributed by atoms with Crippen LogP contribution in [-0.4, -0.2) is 38.1 Å². The van der Waals surface area contributed by atoms with E-state index in [4.69, 9.17) is 9.47 Å². The highest BCUT2D eigenvalue weighted by Crippen LogP contribution is 2.38. The van der Waals surface area contributed by atoms with Crippen molar-refractivity contribution in [3.63, 3.8) is 0 Å². The van der Waals surface area contributed by atoms with Gasteiger partial charge in [-0.3, -0.25) is 0 Å². The minimum absolute atomic E-state index is 0.513. The summed E-state index contributed by atoms with van der Waals surface area (Å²) >= 11 is 0. The summed E-state index contributed by atoms with van der Waals surface area (Å²) in [6, 6.07) is 0. The predicted molar refractivity (Wildman–Crippen MR) is 68.0 cm³/mol. The van der Waals surface area contributed by atoms with Crippen molar-refractivity contribution in [1.29, 1.82) is 0 Å². The second kappa shape index (κ2) is 5.62. The van der Waals surface area contributed by atoms with Gasteiger partial charge < -0.3 is 14.6 Å². The topological polar surface area (TPSA) is 38.7 Å². The van der Waals surface area contributed by atoms with Gasteiger partial charge in [0.05, 0.1) is 8.80 Å². The minimum Gasteiger partial charge on any atom is -0.373 e. The zero-order chi connectivity index (χ0) is 12.2. The van der Waals surface area contributed by atoms with Crippen LogP contribution in [0.25, 0.3) is 0 Å². The monoisotopic (exact) mass is 245 g/mol. The van der Waals surface area contributed by atoms with Gasteiger partial charge in [0.1, 0.15) is 5.22 Å². The van der Waals surface area contributed by atoms with Crippen molar-refractivity contribution in [3.05, 3.63) is 6.92 Å². The van der Waals surface area contributed by atoms with Crippen LogP contribution >= 0.6 is 0 Å². The largest absolute Gasteiger partial charge is 0.373 e. The van der Waals surface area contributed by atoms with Gasteiger partial charge in [-0.05, 0) is 25.7 Å². The molecule has 1 N–H and O–H groups in total. The first-order chi connectivity index (χ1) is 7.46. The molecule has 0 saturated carbocycles. The van der Waals surface area contributed by atoms with E-state index in [1.54, 1.807) is 0 Å². The summed E-state index contributed by atoms with van der Waals surface area (Å²) in [6.07, 6.45) is 3.93. The van der Waals surface area contributed by atoms with E-state index in [0.29, 0.717) is 6.61 Å². The van der Waals surface area contributed by atoms with Crippen LogP contribution in [0.4, 0.5) is 0 Å². The number of hydrogen-bond acceptors (Lipinski definition) is 3. The van der Waals surface area contributed by atoms with Gasteiger partial charge in [0.15, 0.2) is 5.79 Å². The third kappa shape index (κ3) is 2.67. The van der Waals surface area contributed by atoms with Crippen LogP contribution in [-0.2, 0) is 9.47 Å². The SMILES string of the molecule is [CH2]C(O)(OCCC)C1([SiH](C)C)CCCCO1. The summed E-state index contributed by atoms with van der Waals surface area (Å²) in [5, 5.41) is 9.95. The van der Waals surface area contributed by atoms with E-state index in [2.05, 4.69) is 20.0 Å². The average molecular weight is 245 g/mol. The lowest BCUT2D eigenvalue weighted by Crippen LogP contribution is -2.64. The first-order valence-electron chi connectivity index (χ1n) is 6.32. The van der Waals surface area contributed by atoms with Gasteiger partial charge in [-0.15, -0.1) is 0 Å². The normalized spacial score (nSPS) is 30.4. The molecule has 4 heteroatoms. The van der Waals surface area contributed by atoms with Crippen LogP contribution in [0.5, 0.6) is 0 Å². The van der Waals surface area contributed by atoms with Crippen molar-refractivity contribution in [3.8, 4) is 0 Å². The van der Waals surface area contributed by atoms with Gasteiger partial charge in [-0.1, -0.05) is 20.0 Å². The lowest BCUT2D eigenvalue weighted by molar-refractivity contribution is -0.267. The summed E-state index contributed by atoms with van der Waals surface area (Å²) in [4.78, 5) is 0. The molecule has 0 aromatic rings. The summed E-state index contributed by atoms with van der Waals surface area (Å²) in [5.41, 5.74) is 0. The predicted octanol–water partition coefficient (Wildman–Crippen LogP) is 1.90. The van der Waals surface area contributed by atoms with Crippen molar-refractivity contribution in [1.82, 2.24) is 0 Å². The molecule has 2 atom stereocenters. The summed E-state index contributed by atoms with van der Waals surface area (Å²) in [7, 11) is -1.22. The molecule has 1 saturated heterocycles. The van der Waals surface area contributed by atoms with E-state index in [0.717, 1.165) is 32.3 Å². The van der Waals surface area contributed by atoms with E-state index in [9.17, 15) is 5.11 Å².